The summed E-state index contributed by atoms with van der Waals surface area (Å²) in [5.74, 6) is 0.761. The fourth-order valence-corrected chi connectivity index (χ4v) is 2.37. The molecule has 0 spiro atoms. The first-order chi connectivity index (χ1) is 10.2. The molecule has 3 nitrogen and oxygen atoms in total. The van der Waals surface area contributed by atoms with Crippen molar-refractivity contribution in [3.63, 3.8) is 0 Å². The highest BCUT2D eigenvalue weighted by molar-refractivity contribution is 6.32. The van der Waals surface area contributed by atoms with Gasteiger partial charge in [0.15, 0.2) is 0 Å². The van der Waals surface area contributed by atoms with Crippen molar-refractivity contribution in [2.75, 3.05) is 6.61 Å². The highest BCUT2D eigenvalue weighted by Crippen LogP contribution is 2.29. The highest BCUT2D eigenvalue weighted by atomic mass is 35.5. The van der Waals surface area contributed by atoms with Crippen LogP contribution in [0.4, 0.5) is 0 Å². The maximum atomic E-state index is 6.26. The minimum atomic E-state index is 0.131. The van der Waals surface area contributed by atoms with E-state index in [9.17, 15) is 0 Å². The van der Waals surface area contributed by atoms with E-state index in [0.717, 1.165) is 30.6 Å². The summed E-state index contributed by atoms with van der Waals surface area (Å²) in [6.07, 6.45) is 6.12. The molecule has 1 aromatic heterocycles. The number of nitrogens with zero attached hydrogens (tertiary/aromatic N) is 1. The molecule has 0 fully saturated rings. The quantitative estimate of drug-likeness (QED) is 0.849. The molecule has 2 aromatic rings. The van der Waals surface area contributed by atoms with Crippen LogP contribution in [0.5, 0.6) is 5.75 Å². The number of benzene rings is 1. The fourth-order valence-electron chi connectivity index (χ4n) is 2.12. The van der Waals surface area contributed by atoms with Crippen LogP contribution in [0, 0.1) is 0 Å². The van der Waals surface area contributed by atoms with E-state index in [0.29, 0.717) is 11.6 Å². The van der Waals surface area contributed by atoms with Crippen LogP contribution >= 0.6 is 11.6 Å². The molecule has 112 valence electrons. The average molecular weight is 305 g/mol. The monoisotopic (exact) mass is 304 g/mol. The minimum Gasteiger partial charge on any atom is -0.491 e. The van der Waals surface area contributed by atoms with E-state index in [1.165, 1.54) is 5.56 Å². The summed E-state index contributed by atoms with van der Waals surface area (Å²) in [6.45, 7) is 2.67. The topological polar surface area (TPSA) is 48.1 Å². The summed E-state index contributed by atoms with van der Waals surface area (Å²) < 4.78 is 5.91. The van der Waals surface area contributed by atoms with Crippen LogP contribution in [0.25, 0.3) is 0 Å². The second-order valence-electron chi connectivity index (χ2n) is 5.05. The predicted octanol–water partition coefficient (Wildman–Crippen LogP) is 3.64. The van der Waals surface area contributed by atoms with E-state index in [1.807, 2.05) is 30.3 Å². The number of nitrogens with two attached hydrogens (primary N) is 1. The van der Waals surface area contributed by atoms with Gasteiger partial charge in [0.1, 0.15) is 5.75 Å². The molecule has 0 aliphatic heterocycles. The van der Waals surface area contributed by atoms with E-state index >= 15 is 0 Å². The Hall–Kier alpha value is -1.58. The first-order valence-corrected chi connectivity index (χ1v) is 7.63. The third kappa shape index (κ3) is 4.73. The van der Waals surface area contributed by atoms with Gasteiger partial charge in [-0.1, -0.05) is 30.7 Å². The van der Waals surface area contributed by atoms with E-state index in [2.05, 4.69) is 11.9 Å². The normalized spacial score (nSPS) is 12.1. The Morgan fingerprint density at radius 2 is 2.00 bits per heavy atom. The SMILES string of the molecule is CCC(N)Cc1cccc(Cl)c1OCCc1ccncc1. The Morgan fingerprint density at radius 3 is 2.71 bits per heavy atom. The number of para-hydroxylation sites is 1. The largest absolute Gasteiger partial charge is 0.491 e. The van der Waals surface area contributed by atoms with Gasteiger partial charge < -0.3 is 10.5 Å². The van der Waals surface area contributed by atoms with Crippen molar-refractivity contribution in [1.82, 2.24) is 4.98 Å². The zero-order valence-electron chi connectivity index (χ0n) is 12.3. The van der Waals surface area contributed by atoms with Crippen molar-refractivity contribution in [3.05, 3.63) is 58.9 Å². The molecule has 21 heavy (non-hydrogen) atoms. The number of hydrogen-bond acceptors (Lipinski definition) is 3. The molecule has 0 saturated heterocycles. The van der Waals surface area contributed by atoms with E-state index in [1.54, 1.807) is 12.4 Å². The molecule has 4 heteroatoms. The van der Waals surface area contributed by atoms with Gasteiger partial charge in [-0.05, 0) is 42.2 Å². The molecule has 0 bridgehead atoms. The van der Waals surface area contributed by atoms with Gasteiger partial charge >= 0.3 is 0 Å². The van der Waals surface area contributed by atoms with E-state index < -0.39 is 0 Å². The molecule has 2 N–H and O–H groups in total. The van der Waals surface area contributed by atoms with Gasteiger partial charge in [-0.3, -0.25) is 4.98 Å². The zero-order chi connectivity index (χ0) is 15.1. The van der Waals surface area contributed by atoms with Gasteiger partial charge in [0.2, 0.25) is 0 Å². The van der Waals surface area contributed by atoms with Gasteiger partial charge in [0, 0.05) is 24.9 Å². The van der Waals surface area contributed by atoms with Crippen molar-refractivity contribution in [2.45, 2.75) is 32.2 Å². The molecular formula is C17H21ClN2O. The van der Waals surface area contributed by atoms with Crippen molar-refractivity contribution in [2.24, 2.45) is 5.73 Å². The van der Waals surface area contributed by atoms with E-state index in [4.69, 9.17) is 22.1 Å². The molecule has 0 aliphatic carbocycles. The molecule has 1 atom stereocenters. The lowest BCUT2D eigenvalue weighted by Crippen LogP contribution is -2.21. The standard InChI is InChI=1S/C17H21ClN2O/c1-2-15(19)12-14-4-3-5-16(18)17(14)21-11-8-13-6-9-20-10-7-13/h3-7,9-10,15H,2,8,11-12,19H2,1H3. The van der Waals surface area contributed by atoms with Crippen LogP contribution in [0.1, 0.15) is 24.5 Å². The molecule has 1 aromatic carbocycles. The predicted molar refractivity (Wildman–Crippen MR) is 86.9 cm³/mol. The van der Waals surface area contributed by atoms with Crippen LogP contribution in [-0.4, -0.2) is 17.6 Å². The van der Waals surface area contributed by atoms with Gasteiger partial charge in [-0.25, -0.2) is 0 Å². The van der Waals surface area contributed by atoms with Crippen molar-refractivity contribution in [1.29, 1.82) is 0 Å². The van der Waals surface area contributed by atoms with Crippen LogP contribution in [0.15, 0.2) is 42.7 Å². The molecule has 1 heterocycles. The van der Waals surface area contributed by atoms with Gasteiger partial charge in [-0.15, -0.1) is 0 Å². The molecule has 1 unspecified atom stereocenters. The summed E-state index contributed by atoms with van der Waals surface area (Å²) in [4.78, 5) is 4.01. The second kappa shape index (κ2) is 8.01. The number of hydrogen-bond donors (Lipinski definition) is 1. The van der Waals surface area contributed by atoms with Crippen LogP contribution in [0.2, 0.25) is 5.02 Å². The number of halogens is 1. The Labute approximate surface area is 131 Å². The third-order valence-corrected chi connectivity index (χ3v) is 3.74. The van der Waals surface area contributed by atoms with Crippen molar-refractivity contribution < 1.29 is 4.74 Å². The van der Waals surface area contributed by atoms with Gasteiger partial charge in [-0.2, -0.15) is 0 Å². The summed E-state index contributed by atoms with van der Waals surface area (Å²) in [5, 5.41) is 0.644. The molecular weight excluding hydrogens is 284 g/mol. The maximum absolute atomic E-state index is 6.26. The Bertz CT molecular complexity index is 560. The fraction of sp³-hybridized carbons (Fsp3) is 0.353. The first kappa shape index (κ1) is 15.8. The lowest BCUT2D eigenvalue weighted by Gasteiger charge is -2.15. The lowest BCUT2D eigenvalue weighted by atomic mass is 10.0. The second-order valence-corrected chi connectivity index (χ2v) is 5.46. The minimum absolute atomic E-state index is 0.131. The molecule has 0 aliphatic rings. The highest BCUT2D eigenvalue weighted by Gasteiger charge is 2.11. The van der Waals surface area contributed by atoms with Crippen LogP contribution in [-0.2, 0) is 12.8 Å². The Morgan fingerprint density at radius 1 is 1.24 bits per heavy atom. The van der Waals surface area contributed by atoms with Crippen molar-refractivity contribution >= 4 is 11.6 Å². The average Bonchev–Trinajstić information content (AvgIpc) is 2.51. The van der Waals surface area contributed by atoms with Crippen LogP contribution < -0.4 is 10.5 Å². The number of aromatic nitrogens is 1. The maximum Gasteiger partial charge on any atom is 0.141 e. The molecule has 2 rings (SSSR count). The first-order valence-electron chi connectivity index (χ1n) is 7.25. The summed E-state index contributed by atoms with van der Waals surface area (Å²) in [7, 11) is 0. The number of ether oxygens (including phenoxy) is 1. The summed E-state index contributed by atoms with van der Waals surface area (Å²) >= 11 is 6.26. The zero-order valence-corrected chi connectivity index (χ0v) is 13.0. The summed E-state index contributed by atoms with van der Waals surface area (Å²) in [5.41, 5.74) is 8.31. The Balaban J connectivity index is 2.01. The molecule has 0 radical (unpaired) electrons. The third-order valence-electron chi connectivity index (χ3n) is 3.44. The number of pyridine rings is 1. The smallest absolute Gasteiger partial charge is 0.141 e. The Kier molecular flexibility index (Phi) is 6.03. The lowest BCUT2D eigenvalue weighted by molar-refractivity contribution is 0.318. The number of rotatable bonds is 7. The molecule has 0 amide bonds. The van der Waals surface area contributed by atoms with Gasteiger partial charge in [0.25, 0.3) is 0 Å². The van der Waals surface area contributed by atoms with Gasteiger partial charge in [0.05, 0.1) is 11.6 Å². The molecule has 0 saturated carbocycles. The van der Waals surface area contributed by atoms with Crippen molar-refractivity contribution in [3.8, 4) is 5.75 Å². The van der Waals surface area contributed by atoms with Crippen LogP contribution in [0.3, 0.4) is 0 Å². The van der Waals surface area contributed by atoms with E-state index in [-0.39, 0.29) is 6.04 Å². The summed E-state index contributed by atoms with van der Waals surface area (Å²) in [6, 6.07) is 9.93.